The molecule has 3 atom stereocenters. The molecule has 2 aliphatic rings. The van der Waals surface area contributed by atoms with E-state index in [-0.39, 0.29) is 17.2 Å². The molecule has 0 amide bonds. The Hall–Kier alpha value is -2.79. The van der Waals surface area contributed by atoms with Crippen molar-refractivity contribution in [3.8, 4) is 5.69 Å². The Morgan fingerprint density at radius 2 is 1.93 bits per heavy atom. The Bertz CT molecular complexity index is 1040. The number of hydrogen-bond acceptors (Lipinski definition) is 3. The maximum atomic E-state index is 13.3. The highest BCUT2D eigenvalue weighted by Crippen LogP contribution is 2.56. The van der Waals surface area contributed by atoms with E-state index in [2.05, 4.69) is 23.1 Å². The van der Waals surface area contributed by atoms with Gasteiger partial charge in [-0.25, -0.2) is 9.07 Å². The molecule has 1 aromatic carbocycles. The van der Waals surface area contributed by atoms with E-state index in [4.69, 9.17) is 0 Å². The van der Waals surface area contributed by atoms with E-state index in [1.54, 1.807) is 24.5 Å². The van der Waals surface area contributed by atoms with Crippen LogP contribution in [-0.4, -0.2) is 19.9 Å². The van der Waals surface area contributed by atoms with Gasteiger partial charge in [0, 0.05) is 12.4 Å². The molecular formula is C23H22FN3O. The summed E-state index contributed by atoms with van der Waals surface area (Å²) < 4.78 is 15.2. The molecule has 0 spiro atoms. The lowest BCUT2D eigenvalue weighted by atomic mass is 9.67. The minimum absolute atomic E-state index is 0.0909. The van der Waals surface area contributed by atoms with Crippen LogP contribution in [0.4, 0.5) is 4.39 Å². The first-order chi connectivity index (χ1) is 13.6. The van der Waals surface area contributed by atoms with Gasteiger partial charge in [0.25, 0.3) is 0 Å². The molecule has 2 aliphatic carbocycles. The lowest BCUT2D eigenvalue weighted by molar-refractivity contribution is 0.0555. The molecular weight excluding hydrogens is 353 g/mol. The average molecular weight is 375 g/mol. The van der Waals surface area contributed by atoms with Crippen LogP contribution in [0.15, 0.2) is 60.6 Å². The summed E-state index contributed by atoms with van der Waals surface area (Å²) in [5.41, 5.74) is 5.29. The molecule has 142 valence electrons. The van der Waals surface area contributed by atoms with Crippen LogP contribution in [0.1, 0.15) is 42.7 Å². The van der Waals surface area contributed by atoms with Crippen LogP contribution >= 0.6 is 0 Å². The molecule has 0 unspecified atom stereocenters. The Labute approximate surface area is 163 Å². The van der Waals surface area contributed by atoms with Gasteiger partial charge in [-0.05, 0) is 84.2 Å². The third-order valence-corrected chi connectivity index (χ3v) is 6.53. The SMILES string of the molecule is C[C@]12Cc3cnn(-c4ccc(F)cc4)c3C=C1CC[C@@H]2[C@@H](O)c1ccncc1. The molecule has 1 fully saturated rings. The lowest BCUT2D eigenvalue weighted by Gasteiger charge is -2.38. The van der Waals surface area contributed by atoms with Gasteiger partial charge in [0.2, 0.25) is 0 Å². The molecule has 0 bridgehead atoms. The topological polar surface area (TPSA) is 50.9 Å². The van der Waals surface area contributed by atoms with Crippen LogP contribution in [0.2, 0.25) is 0 Å². The number of aliphatic hydroxyl groups excluding tert-OH is 1. The third kappa shape index (κ3) is 2.61. The smallest absolute Gasteiger partial charge is 0.123 e. The van der Waals surface area contributed by atoms with Crippen LogP contribution < -0.4 is 0 Å². The van der Waals surface area contributed by atoms with Crippen LogP contribution in [-0.2, 0) is 6.42 Å². The van der Waals surface area contributed by atoms with Crippen molar-refractivity contribution in [3.05, 3.63) is 83.2 Å². The Balaban J connectivity index is 1.51. The first-order valence-electron chi connectivity index (χ1n) is 9.68. The van der Waals surface area contributed by atoms with E-state index in [1.165, 1.54) is 23.3 Å². The van der Waals surface area contributed by atoms with Crippen molar-refractivity contribution in [1.29, 1.82) is 0 Å². The van der Waals surface area contributed by atoms with Crippen molar-refractivity contribution in [2.24, 2.45) is 11.3 Å². The summed E-state index contributed by atoms with van der Waals surface area (Å²) in [7, 11) is 0. The van der Waals surface area contributed by atoms with Gasteiger partial charge in [0.1, 0.15) is 5.82 Å². The van der Waals surface area contributed by atoms with Crippen molar-refractivity contribution in [3.63, 3.8) is 0 Å². The Kier molecular flexibility index (Phi) is 3.95. The predicted molar refractivity (Wildman–Crippen MR) is 105 cm³/mol. The quantitative estimate of drug-likeness (QED) is 0.733. The summed E-state index contributed by atoms with van der Waals surface area (Å²) in [5, 5.41) is 15.6. The Morgan fingerprint density at radius 3 is 2.68 bits per heavy atom. The van der Waals surface area contributed by atoms with Gasteiger partial charge < -0.3 is 5.11 Å². The zero-order valence-electron chi connectivity index (χ0n) is 15.7. The second-order valence-electron chi connectivity index (χ2n) is 8.08. The number of allylic oxidation sites excluding steroid dienone is 1. The summed E-state index contributed by atoms with van der Waals surface area (Å²) in [6, 6.07) is 10.2. The van der Waals surface area contributed by atoms with E-state index in [0.717, 1.165) is 36.2 Å². The molecule has 3 aromatic rings. The molecule has 2 aromatic heterocycles. The number of hydrogen-bond donors (Lipinski definition) is 1. The van der Waals surface area contributed by atoms with Gasteiger partial charge in [-0.1, -0.05) is 12.5 Å². The van der Waals surface area contributed by atoms with E-state index in [1.807, 2.05) is 23.0 Å². The van der Waals surface area contributed by atoms with Gasteiger partial charge in [-0.15, -0.1) is 0 Å². The normalized spacial score (nSPS) is 24.4. The van der Waals surface area contributed by atoms with Crippen LogP contribution in [0.3, 0.4) is 0 Å². The molecule has 0 saturated heterocycles. The number of fused-ring (bicyclic) bond motifs is 2. The maximum Gasteiger partial charge on any atom is 0.123 e. The van der Waals surface area contributed by atoms with E-state index in [0.29, 0.717) is 0 Å². The van der Waals surface area contributed by atoms with Gasteiger partial charge >= 0.3 is 0 Å². The molecule has 28 heavy (non-hydrogen) atoms. The summed E-state index contributed by atoms with van der Waals surface area (Å²) in [4.78, 5) is 4.06. The third-order valence-electron chi connectivity index (χ3n) is 6.53. The first kappa shape index (κ1) is 17.3. The second kappa shape index (κ2) is 6.38. The van der Waals surface area contributed by atoms with Crippen LogP contribution in [0, 0.1) is 17.2 Å². The number of rotatable bonds is 3. The fourth-order valence-electron chi connectivity index (χ4n) is 4.96. The van der Waals surface area contributed by atoms with Gasteiger partial charge in [-0.3, -0.25) is 4.98 Å². The molecule has 0 aliphatic heterocycles. The highest BCUT2D eigenvalue weighted by Gasteiger charge is 2.48. The zero-order valence-corrected chi connectivity index (χ0v) is 15.7. The minimum atomic E-state index is -0.507. The molecule has 1 saturated carbocycles. The summed E-state index contributed by atoms with van der Waals surface area (Å²) in [5.74, 6) is -0.0945. The number of aliphatic hydroxyl groups is 1. The zero-order chi connectivity index (χ0) is 19.3. The largest absolute Gasteiger partial charge is 0.388 e. The molecule has 2 heterocycles. The van der Waals surface area contributed by atoms with Crippen LogP contribution in [0.5, 0.6) is 0 Å². The molecule has 0 radical (unpaired) electrons. The lowest BCUT2D eigenvalue weighted by Crippen LogP contribution is -2.32. The van der Waals surface area contributed by atoms with Gasteiger partial charge in [-0.2, -0.15) is 5.10 Å². The highest BCUT2D eigenvalue weighted by atomic mass is 19.1. The minimum Gasteiger partial charge on any atom is -0.388 e. The van der Waals surface area contributed by atoms with Crippen molar-refractivity contribution >= 4 is 6.08 Å². The highest BCUT2D eigenvalue weighted by molar-refractivity contribution is 5.62. The van der Waals surface area contributed by atoms with Crippen molar-refractivity contribution < 1.29 is 9.50 Å². The number of pyridine rings is 1. The van der Waals surface area contributed by atoms with Crippen molar-refractivity contribution in [2.45, 2.75) is 32.3 Å². The fraction of sp³-hybridized carbons (Fsp3) is 0.304. The molecule has 5 heteroatoms. The average Bonchev–Trinajstić information content (AvgIpc) is 3.26. The molecule has 4 nitrogen and oxygen atoms in total. The summed E-state index contributed by atoms with van der Waals surface area (Å²) >= 11 is 0. The monoisotopic (exact) mass is 375 g/mol. The Morgan fingerprint density at radius 1 is 1.18 bits per heavy atom. The summed E-state index contributed by atoms with van der Waals surface area (Å²) in [6.07, 6.45) is 9.88. The second-order valence-corrected chi connectivity index (χ2v) is 8.08. The van der Waals surface area contributed by atoms with Crippen LogP contribution in [0.25, 0.3) is 11.8 Å². The van der Waals surface area contributed by atoms with Crippen molar-refractivity contribution in [1.82, 2.24) is 14.8 Å². The first-order valence-corrected chi connectivity index (χ1v) is 9.68. The fourth-order valence-corrected chi connectivity index (χ4v) is 4.96. The predicted octanol–water partition coefficient (Wildman–Crippen LogP) is 4.50. The van der Waals surface area contributed by atoms with Crippen molar-refractivity contribution in [2.75, 3.05) is 0 Å². The number of nitrogens with zero attached hydrogens (tertiary/aromatic N) is 3. The molecule has 1 N–H and O–H groups in total. The number of benzene rings is 1. The number of halogens is 1. The van der Waals surface area contributed by atoms with E-state index in [9.17, 15) is 9.50 Å². The molecule has 5 rings (SSSR count). The van der Waals surface area contributed by atoms with Gasteiger partial charge in [0.05, 0.1) is 23.7 Å². The number of aromatic nitrogens is 3. The maximum absolute atomic E-state index is 13.3. The van der Waals surface area contributed by atoms with Gasteiger partial charge in [0.15, 0.2) is 0 Å². The van der Waals surface area contributed by atoms with E-state index >= 15 is 0 Å². The standard InChI is InChI=1S/C23H22FN3O/c1-23-13-16-14-26-27(19-5-3-18(24)4-6-19)21(16)12-17(23)2-7-20(23)22(28)15-8-10-25-11-9-15/h3-6,8-12,14,20,22,28H,2,7,13H2,1H3/t20-,22+,23+/m1/s1. The van der Waals surface area contributed by atoms with E-state index < -0.39 is 6.10 Å². The summed E-state index contributed by atoms with van der Waals surface area (Å²) in [6.45, 7) is 2.26.